The van der Waals surface area contributed by atoms with Gasteiger partial charge in [0.05, 0.1) is 0 Å². The van der Waals surface area contributed by atoms with Crippen molar-refractivity contribution in [2.75, 3.05) is 0 Å². The standard InChI is InChI=1S/C16H23NO3/c1-11(2)12-6-8-13(9-7-12)14(10-18)17-15(19)20-16(3,4)5/h6-11,14H,1-5H3,(H,17,19). The summed E-state index contributed by atoms with van der Waals surface area (Å²) >= 11 is 0. The van der Waals surface area contributed by atoms with E-state index in [0.29, 0.717) is 12.2 Å². The third-order valence-electron chi connectivity index (χ3n) is 2.77. The Bertz CT molecular complexity index is 458. The largest absolute Gasteiger partial charge is 0.444 e. The third kappa shape index (κ3) is 5.03. The summed E-state index contributed by atoms with van der Waals surface area (Å²) in [4.78, 5) is 22.8. The molecule has 0 aliphatic rings. The van der Waals surface area contributed by atoms with Gasteiger partial charge < -0.3 is 14.8 Å². The van der Waals surface area contributed by atoms with Gasteiger partial charge in [0.15, 0.2) is 0 Å². The molecule has 4 heteroatoms. The Hall–Kier alpha value is -1.84. The highest BCUT2D eigenvalue weighted by Crippen LogP contribution is 2.18. The average Bonchev–Trinajstić information content (AvgIpc) is 2.34. The highest BCUT2D eigenvalue weighted by atomic mass is 16.6. The maximum absolute atomic E-state index is 11.7. The number of benzene rings is 1. The molecule has 0 saturated carbocycles. The molecule has 1 aromatic carbocycles. The van der Waals surface area contributed by atoms with Gasteiger partial charge in [0, 0.05) is 0 Å². The average molecular weight is 277 g/mol. The van der Waals surface area contributed by atoms with Crippen LogP contribution in [0.3, 0.4) is 0 Å². The van der Waals surface area contributed by atoms with Crippen molar-refractivity contribution in [1.29, 1.82) is 0 Å². The minimum absolute atomic E-state index is 0.428. The third-order valence-corrected chi connectivity index (χ3v) is 2.77. The number of rotatable bonds is 4. The van der Waals surface area contributed by atoms with Crippen LogP contribution in [0.15, 0.2) is 24.3 Å². The maximum atomic E-state index is 11.7. The van der Waals surface area contributed by atoms with E-state index in [1.807, 2.05) is 24.3 Å². The number of carbonyl (C=O) groups is 2. The molecule has 1 unspecified atom stereocenters. The molecule has 1 rings (SSSR count). The molecule has 0 aromatic heterocycles. The first kappa shape index (κ1) is 16.2. The van der Waals surface area contributed by atoms with Gasteiger partial charge in [0.25, 0.3) is 0 Å². The van der Waals surface area contributed by atoms with Gasteiger partial charge in [-0.3, -0.25) is 0 Å². The van der Waals surface area contributed by atoms with Crippen LogP contribution in [0, 0.1) is 0 Å². The summed E-state index contributed by atoms with van der Waals surface area (Å²) in [7, 11) is 0. The zero-order valence-corrected chi connectivity index (χ0v) is 12.8. The van der Waals surface area contributed by atoms with E-state index in [0.717, 1.165) is 5.56 Å². The Labute approximate surface area is 120 Å². The smallest absolute Gasteiger partial charge is 0.408 e. The first-order valence-electron chi connectivity index (χ1n) is 6.77. The lowest BCUT2D eigenvalue weighted by molar-refractivity contribution is -0.109. The van der Waals surface area contributed by atoms with Crippen LogP contribution in [0.1, 0.15) is 57.7 Å². The van der Waals surface area contributed by atoms with Gasteiger partial charge >= 0.3 is 6.09 Å². The van der Waals surface area contributed by atoms with E-state index in [1.165, 1.54) is 5.56 Å². The molecule has 0 radical (unpaired) electrons. The predicted octanol–water partition coefficient (Wildman–Crippen LogP) is 3.57. The van der Waals surface area contributed by atoms with E-state index in [-0.39, 0.29) is 0 Å². The monoisotopic (exact) mass is 277 g/mol. The van der Waals surface area contributed by atoms with Gasteiger partial charge in [0.2, 0.25) is 0 Å². The molecule has 4 nitrogen and oxygen atoms in total. The molecule has 20 heavy (non-hydrogen) atoms. The molecule has 0 bridgehead atoms. The number of hydrogen-bond acceptors (Lipinski definition) is 3. The number of amides is 1. The summed E-state index contributed by atoms with van der Waals surface area (Å²) in [6.07, 6.45) is 0.108. The van der Waals surface area contributed by atoms with Crippen LogP contribution in [0.4, 0.5) is 4.79 Å². The number of carbonyl (C=O) groups excluding carboxylic acids is 2. The quantitative estimate of drug-likeness (QED) is 0.856. The van der Waals surface area contributed by atoms with Crippen LogP contribution in [0.5, 0.6) is 0 Å². The maximum Gasteiger partial charge on any atom is 0.408 e. The van der Waals surface area contributed by atoms with Crippen molar-refractivity contribution in [2.24, 2.45) is 0 Å². The van der Waals surface area contributed by atoms with Gasteiger partial charge in [0.1, 0.15) is 17.9 Å². The molecule has 1 atom stereocenters. The molecular weight excluding hydrogens is 254 g/mol. The van der Waals surface area contributed by atoms with Crippen molar-refractivity contribution in [1.82, 2.24) is 5.32 Å². The highest BCUT2D eigenvalue weighted by Gasteiger charge is 2.20. The molecule has 0 heterocycles. The zero-order chi connectivity index (χ0) is 15.3. The Morgan fingerprint density at radius 3 is 2.05 bits per heavy atom. The van der Waals surface area contributed by atoms with Crippen LogP contribution in [-0.4, -0.2) is 18.0 Å². The minimum Gasteiger partial charge on any atom is -0.444 e. The van der Waals surface area contributed by atoms with Crippen LogP contribution < -0.4 is 5.32 Å². The molecule has 0 aliphatic heterocycles. The molecule has 1 aromatic rings. The lowest BCUT2D eigenvalue weighted by Crippen LogP contribution is -2.35. The number of ether oxygens (including phenoxy) is 1. The van der Waals surface area contributed by atoms with E-state index >= 15 is 0 Å². The van der Waals surface area contributed by atoms with Gasteiger partial charge in [-0.2, -0.15) is 0 Å². The Morgan fingerprint density at radius 2 is 1.65 bits per heavy atom. The molecule has 110 valence electrons. The second kappa shape index (κ2) is 6.55. The first-order valence-corrected chi connectivity index (χ1v) is 6.77. The van der Waals surface area contributed by atoms with Crippen LogP contribution >= 0.6 is 0 Å². The lowest BCUT2D eigenvalue weighted by atomic mass is 9.99. The van der Waals surface area contributed by atoms with Crippen molar-refractivity contribution >= 4 is 12.4 Å². The van der Waals surface area contributed by atoms with Gasteiger partial charge in [-0.25, -0.2) is 4.79 Å². The zero-order valence-electron chi connectivity index (χ0n) is 12.8. The Morgan fingerprint density at radius 1 is 1.15 bits per heavy atom. The molecule has 1 N–H and O–H groups in total. The summed E-state index contributed by atoms with van der Waals surface area (Å²) in [5.41, 5.74) is 1.35. The van der Waals surface area contributed by atoms with E-state index in [4.69, 9.17) is 4.74 Å². The van der Waals surface area contributed by atoms with Crippen molar-refractivity contribution in [3.63, 3.8) is 0 Å². The van der Waals surface area contributed by atoms with Crippen LogP contribution in [0.25, 0.3) is 0 Å². The summed E-state index contributed by atoms with van der Waals surface area (Å²) < 4.78 is 5.14. The van der Waals surface area contributed by atoms with E-state index in [9.17, 15) is 9.59 Å². The van der Waals surface area contributed by atoms with Crippen molar-refractivity contribution in [3.8, 4) is 0 Å². The molecule has 0 spiro atoms. The first-order chi connectivity index (χ1) is 9.23. The van der Waals surface area contributed by atoms with Crippen LogP contribution in [-0.2, 0) is 9.53 Å². The second-order valence-electron chi connectivity index (χ2n) is 6.08. The number of hydrogen-bond donors (Lipinski definition) is 1. The fraction of sp³-hybridized carbons (Fsp3) is 0.500. The number of alkyl carbamates (subject to hydrolysis) is 1. The van der Waals surface area contributed by atoms with Gasteiger partial charge in [-0.1, -0.05) is 38.1 Å². The number of aldehydes is 1. The van der Waals surface area contributed by atoms with Crippen molar-refractivity contribution in [3.05, 3.63) is 35.4 Å². The number of nitrogens with one attached hydrogen (secondary N) is 1. The lowest BCUT2D eigenvalue weighted by Gasteiger charge is -2.21. The second-order valence-corrected chi connectivity index (χ2v) is 6.08. The van der Waals surface area contributed by atoms with E-state index in [1.54, 1.807) is 20.8 Å². The molecular formula is C16H23NO3. The minimum atomic E-state index is -0.689. The predicted molar refractivity (Wildman–Crippen MR) is 78.7 cm³/mol. The van der Waals surface area contributed by atoms with Crippen molar-refractivity contribution < 1.29 is 14.3 Å². The molecule has 0 aliphatic carbocycles. The highest BCUT2D eigenvalue weighted by molar-refractivity contribution is 5.74. The summed E-state index contributed by atoms with van der Waals surface area (Å²) in [6, 6.07) is 6.95. The molecule has 0 saturated heterocycles. The molecule has 0 fully saturated rings. The van der Waals surface area contributed by atoms with E-state index in [2.05, 4.69) is 19.2 Å². The summed E-state index contributed by atoms with van der Waals surface area (Å²) in [6.45, 7) is 9.54. The normalized spacial score (nSPS) is 12.9. The van der Waals surface area contributed by atoms with Gasteiger partial charge in [-0.05, 0) is 37.8 Å². The molecule has 1 amide bonds. The van der Waals surface area contributed by atoms with Gasteiger partial charge in [-0.15, -0.1) is 0 Å². The SMILES string of the molecule is CC(C)c1ccc(C(C=O)NC(=O)OC(C)(C)C)cc1. The summed E-state index contributed by atoms with van der Waals surface area (Å²) in [5.74, 6) is 0.428. The Kier molecular flexibility index (Phi) is 5.31. The topological polar surface area (TPSA) is 55.4 Å². The Balaban J connectivity index is 2.76. The summed E-state index contributed by atoms with van der Waals surface area (Å²) in [5, 5.41) is 2.56. The van der Waals surface area contributed by atoms with Crippen LogP contribution in [0.2, 0.25) is 0 Å². The van der Waals surface area contributed by atoms with E-state index < -0.39 is 17.7 Å². The fourth-order valence-electron chi connectivity index (χ4n) is 1.72. The fourth-order valence-corrected chi connectivity index (χ4v) is 1.72. The van der Waals surface area contributed by atoms with Crippen molar-refractivity contribution in [2.45, 2.75) is 52.2 Å².